The van der Waals surface area contributed by atoms with E-state index in [2.05, 4.69) is 27.7 Å². The molecule has 4 nitrogen and oxygen atoms in total. The van der Waals surface area contributed by atoms with E-state index in [-0.39, 0.29) is 12.5 Å². The van der Waals surface area contributed by atoms with Gasteiger partial charge < -0.3 is 9.79 Å². The third-order valence-corrected chi connectivity index (χ3v) is 7.54. The van der Waals surface area contributed by atoms with Crippen LogP contribution in [0.2, 0.25) is 0 Å². The molecule has 0 bridgehead atoms. The van der Waals surface area contributed by atoms with Gasteiger partial charge in [0.2, 0.25) is 0 Å². The maximum absolute atomic E-state index is 11.3. The van der Waals surface area contributed by atoms with Crippen molar-refractivity contribution < 1.29 is 18.9 Å². The lowest BCUT2D eigenvalue weighted by molar-refractivity contribution is 0.142. The highest BCUT2D eigenvalue weighted by Gasteiger charge is 2.22. The first kappa shape index (κ1) is 33.1. The maximum Gasteiger partial charge on any atom is 0.469 e. The molecular weight excluding hydrogens is 431 g/mol. The van der Waals surface area contributed by atoms with Crippen molar-refractivity contribution in [2.75, 3.05) is 6.61 Å². The average molecular weight is 491 g/mol. The molecule has 0 aromatic rings. The van der Waals surface area contributed by atoms with Crippen molar-refractivity contribution in [1.82, 2.24) is 0 Å². The van der Waals surface area contributed by atoms with E-state index in [9.17, 15) is 14.4 Å². The first-order chi connectivity index (χ1) is 15.8. The van der Waals surface area contributed by atoms with Crippen LogP contribution in [0.25, 0.3) is 0 Å². The van der Waals surface area contributed by atoms with Crippen LogP contribution in [0.5, 0.6) is 0 Å². The van der Waals surface area contributed by atoms with Crippen molar-refractivity contribution in [3.8, 4) is 0 Å². The smallest absolute Gasteiger partial charge is 0.303 e. The van der Waals surface area contributed by atoms with Crippen LogP contribution in [0, 0.1) is 17.8 Å². The van der Waals surface area contributed by atoms with E-state index < -0.39 is 7.82 Å². The van der Waals surface area contributed by atoms with Gasteiger partial charge in [0.1, 0.15) is 0 Å². The molecule has 0 aliphatic heterocycles. The van der Waals surface area contributed by atoms with E-state index >= 15 is 0 Å². The van der Waals surface area contributed by atoms with Gasteiger partial charge in [0.05, 0.1) is 6.61 Å². The van der Waals surface area contributed by atoms with Crippen molar-refractivity contribution >= 4 is 7.82 Å². The lowest BCUT2D eigenvalue weighted by Crippen LogP contribution is -2.16. The van der Waals surface area contributed by atoms with Gasteiger partial charge in [-0.2, -0.15) is 0 Å². The number of unbranched alkanes of at least 4 members (excludes halogenated alkanes) is 14. The summed E-state index contributed by atoms with van der Waals surface area (Å²) in [5.74, 6) is 1.42. The highest BCUT2D eigenvalue weighted by Crippen LogP contribution is 2.38. The second-order valence-corrected chi connectivity index (χ2v) is 12.1. The first-order valence-electron chi connectivity index (χ1n) is 14.5. The lowest BCUT2D eigenvalue weighted by Gasteiger charge is -2.24. The fourth-order valence-electron chi connectivity index (χ4n) is 5.06. The summed E-state index contributed by atoms with van der Waals surface area (Å²) in [7, 11) is -4.39. The number of hydrogen-bond donors (Lipinski definition) is 2. The van der Waals surface area contributed by atoms with Gasteiger partial charge in [-0.3, -0.25) is 4.52 Å². The molecule has 2 unspecified atom stereocenters. The van der Waals surface area contributed by atoms with E-state index in [1.165, 1.54) is 116 Å². The Kier molecular flexibility index (Phi) is 22.6. The Morgan fingerprint density at radius 3 is 1.27 bits per heavy atom. The molecule has 0 saturated heterocycles. The third kappa shape index (κ3) is 25.0. The summed E-state index contributed by atoms with van der Waals surface area (Å²) in [6.07, 6.45) is 25.9. The Labute approximate surface area is 207 Å². The number of hydrogen-bond acceptors (Lipinski definition) is 2. The summed E-state index contributed by atoms with van der Waals surface area (Å²) in [4.78, 5) is 18.4. The van der Waals surface area contributed by atoms with Crippen LogP contribution in [0.15, 0.2) is 0 Å². The molecule has 2 N–H and O–H groups in total. The van der Waals surface area contributed by atoms with Crippen molar-refractivity contribution in [1.29, 1.82) is 0 Å². The molecule has 0 rings (SSSR count). The molecule has 0 amide bonds. The van der Waals surface area contributed by atoms with Crippen LogP contribution in [0.4, 0.5) is 0 Å². The largest absolute Gasteiger partial charge is 0.469 e. The van der Waals surface area contributed by atoms with Crippen LogP contribution in [-0.2, 0) is 9.09 Å². The van der Waals surface area contributed by atoms with Crippen molar-refractivity contribution in [3.05, 3.63) is 0 Å². The van der Waals surface area contributed by atoms with E-state index in [1.807, 2.05) is 0 Å². The topological polar surface area (TPSA) is 66.8 Å². The van der Waals surface area contributed by atoms with Crippen LogP contribution >= 0.6 is 7.82 Å². The Balaban J connectivity index is 4.14. The zero-order valence-corrected chi connectivity index (χ0v) is 23.6. The van der Waals surface area contributed by atoms with Gasteiger partial charge in [-0.15, -0.1) is 0 Å². The van der Waals surface area contributed by atoms with Gasteiger partial charge in [0, 0.05) is 0 Å². The summed E-state index contributed by atoms with van der Waals surface area (Å²) in [5, 5.41) is 0. The standard InChI is InChI=1S/C28H59O4P/c1-5-7-9-11-13-15-17-19-21-26(3)23-28(25-32-33(29,30)31)24-27(4)22-20-18-16-14-12-10-8-6-2/h26-28H,5-25H2,1-4H3,(H2,29,30,31). The third-order valence-electron chi connectivity index (χ3n) is 7.05. The Morgan fingerprint density at radius 2 is 0.939 bits per heavy atom. The Bertz CT molecular complexity index is 423. The molecule has 2 atom stereocenters. The molecule has 0 saturated carbocycles. The minimum absolute atomic E-state index is 0.188. The molecule has 0 aliphatic carbocycles. The summed E-state index contributed by atoms with van der Waals surface area (Å²) in [6, 6.07) is 0. The zero-order chi connectivity index (χ0) is 24.8. The highest BCUT2D eigenvalue weighted by molar-refractivity contribution is 7.46. The van der Waals surface area contributed by atoms with Gasteiger partial charge >= 0.3 is 7.82 Å². The zero-order valence-electron chi connectivity index (χ0n) is 22.7. The fraction of sp³-hybridized carbons (Fsp3) is 1.00. The molecule has 200 valence electrons. The molecule has 0 radical (unpaired) electrons. The Morgan fingerprint density at radius 1 is 0.606 bits per heavy atom. The maximum atomic E-state index is 11.3. The molecule has 0 aromatic heterocycles. The molecule has 5 heteroatoms. The second kappa shape index (κ2) is 22.6. The molecule has 0 aliphatic rings. The molecule has 33 heavy (non-hydrogen) atoms. The number of phosphoric acid groups is 1. The summed E-state index contributed by atoms with van der Waals surface area (Å²) < 4.78 is 16.2. The molecule has 0 fully saturated rings. The quantitative estimate of drug-likeness (QED) is 0.0987. The normalized spacial score (nSPS) is 15.0. The van der Waals surface area contributed by atoms with Crippen LogP contribution in [-0.4, -0.2) is 16.4 Å². The van der Waals surface area contributed by atoms with Gasteiger partial charge in [0.15, 0.2) is 0 Å². The van der Waals surface area contributed by atoms with Gasteiger partial charge in [-0.25, -0.2) is 4.57 Å². The van der Waals surface area contributed by atoms with Crippen LogP contribution in [0.3, 0.4) is 0 Å². The van der Waals surface area contributed by atoms with Crippen LogP contribution in [0.1, 0.15) is 156 Å². The van der Waals surface area contributed by atoms with E-state index in [0.29, 0.717) is 11.8 Å². The van der Waals surface area contributed by atoms with E-state index in [4.69, 9.17) is 4.52 Å². The lowest BCUT2D eigenvalue weighted by atomic mass is 9.85. The van der Waals surface area contributed by atoms with E-state index in [0.717, 1.165) is 12.8 Å². The minimum Gasteiger partial charge on any atom is -0.303 e. The Hall–Kier alpha value is 0.110. The number of phosphoric ester groups is 1. The predicted molar refractivity (Wildman–Crippen MR) is 144 cm³/mol. The fourth-order valence-corrected chi connectivity index (χ4v) is 5.47. The summed E-state index contributed by atoms with van der Waals surface area (Å²) in [6.45, 7) is 9.31. The second-order valence-electron chi connectivity index (χ2n) is 10.9. The van der Waals surface area contributed by atoms with Gasteiger partial charge in [-0.05, 0) is 30.6 Å². The molecule has 0 spiro atoms. The summed E-state index contributed by atoms with van der Waals surface area (Å²) in [5.41, 5.74) is 0. The molecule has 0 aromatic carbocycles. The molecular formula is C28H59O4P. The van der Waals surface area contributed by atoms with Crippen molar-refractivity contribution in [3.63, 3.8) is 0 Å². The number of rotatable bonds is 25. The van der Waals surface area contributed by atoms with Crippen molar-refractivity contribution in [2.24, 2.45) is 17.8 Å². The first-order valence-corrected chi connectivity index (χ1v) is 16.0. The van der Waals surface area contributed by atoms with Crippen molar-refractivity contribution in [2.45, 2.75) is 156 Å². The van der Waals surface area contributed by atoms with E-state index in [1.54, 1.807) is 0 Å². The van der Waals surface area contributed by atoms with Gasteiger partial charge in [0.25, 0.3) is 0 Å². The minimum atomic E-state index is -4.39. The average Bonchev–Trinajstić information content (AvgIpc) is 2.75. The predicted octanol–water partition coefficient (Wildman–Crippen LogP) is 9.83. The summed E-state index contributed by atoms with van der Waals surface area (Å²) >= 11 is 0. The highest BCUT2D eigenvalue weighted by atomic mass is 31.2. The van der Waals surface area contributed by atoms with Crippen LogP contribution < -0.4 is 0 Å². The monoisotopic (exact) mass is 490 g/mol. The molecule has 0 heterocycles. The SMILES string of the molecule is CCCCCCCCCCC(C)CC(COP(=O)(O)O)CC(C)CCCCCCCCCC. The van der Waals surface area contributed by atoms with Gasteiger partial charge in [-0.1, -0.05) is 143 Å².